The third-order valence-electron chi connectivity index (χ3n) is 4.51. The van der Waals surface area contributed by atoms with Crippen LogP contribution in [0.3, 0.4) is 0 Å². The lowest BCUT2D eigenvalue weighted by molar-refractivity contribution is -0.140. The third kappa shape index (κ3) is 3.48. The molecule has 0 aliphatic carbocycles. The minimum absolute atomic E-state index is 0.0161. The summed E-state index contributed by atoms with van der Waals surface area (Å²) in [6.07, 6.45) is 1.37. The first kappa shape index (κ1) is 19.2. The van der Waals surface area contributed by atoms with Gasteiger partial charge in [0.2, 0.25) is 5.88 Å². The largest absolute Gasteiger partial charge is 0.497 e. The van der Waals surface area contributed by atoms with Gasteiger partial charge in [0, 0.05) is 23.7 Å². The second kappa shape index (κ2) is 7.99. The van der Waals surface area contributed by atoms with Gasteiger partial charge in [-0.15, -0.1) is 0 Å². The lowest BCUT2D eigenvalue weighted by atomic mass is 9.88. The molecule has 1 aromatic carbocycles. The molecular weight excluding hydrogens is 364 g/mol. The van der Waals surface area contributed by atoms with Gasteiger partial charge in [0.15, 0.2) is 0 Å². The summed E-state index contributed by atoms with van der Waals surface area (Å²) in [5, 5.41) is 10.5. The van der Waals surface area contributed by atoms with Crippen LogP contribution in [0.25, 0.3) is 5.65 Å². The molecule has 0 fully saturated rings. The minimum Gasteiger partial charge on any atom is -0.497 e. The molecule has 28 heavy (non-hydrogen) atoms. The Labute approximate surface area is 160 Å². The van der Waals surface area contributed by atoms with Crippen LogP contribution in [0.5, 0.6) is 17.4 Å². The molecule has 0 radical (unpaired) electrons. The van der Waals surface area contributed by atoms with Gasteiger partial charge in [-0.3, -0.25) is 14.0 Å². The number of aromatic nitrogens is 2. The van der Waals surface area contributed by atoms with E-state index < -0.39 is 23.3 Å². The lowest BCUT2D eigenvalue weighted by Gasteiger charge is -2.20. The van der Waals surface area contributed by atoms with Crippen LogP contribution in [0.2, 0.25) is 0 Å². The van der Waals surface area contributed by atoms with E-state index in [-0.39, 0.29) is 12.0 Å². The molecule has 0 amide bonds. The Hall–Kier alpha value is -3.55. The van der Waals surface area contributed by atoms with Gasteiger partial charge < -0.3 is 19.3 Å². The maximum absolute atomic E-state index is 13.1. The smallest absolute Gasteiger partial charge is 0.306 e. The highest BCUT2D eigenvalue weighted by atomic mass is 16.5. The van der Waals surface area contributed by atoms with E-state index in [2.05, 4.69) is 4.98 Å². The van der Waals surface area contributed by atoms with Gasteiger partial charge in [0.25, 0.3) is 5.56 Å². The van der Waals surface area contributed by atoms with Gasteiger partial charge in [0.05, 0.1) is 33.3 Å². The Morgan fingerprint density at radius 1 is 1.18 bits per heavy atom. The van der Waals surface area contributed by atoms with Crippen LogP contribution in [-0.2, 0) is 9.53 Å². The van der Waals surface area contributed by atoms with Crippen molar-refractivity contribution in [2.45, 2.75) is 12.3 Å². The van der Waals surface area contributed by atoms with Crippen molar-refractivity contribution in [2.75, 3.05) is 21.3 Å². The molecule has 0 aliphatic rings. The quantitative estimate of drug-likeness (QED) is 0.650. The van der Waals surface area contributed by atoms with E-state index in [1.54, 1.807) is 42.6 Å². The van der Waals surface area contributed by atoms with Crippen molar-refractivity contribution in [3.05, 3.63) is 64.1 Å². The number of rotatable bonds is 6. The van der Waals surface area contributed by atoms with Crippen LogP contribution in [-0.4, -0.2) is 41.8 Å². The first-order chi connectivity index (χ1) is 13.5. The molecule has 1 atom stereocenters. The molecule has 2 heterocycles. The van der Waals surface area contributed by atoms with Crippen LogP contribution < -0.4 is 15.0 Å². The average molecular weight is 384 g/mol. The number of benzene rings is 1. The minimum atomic E-state index is -0.828. The molecule has 0 aliphatic heterocycles. The first-order valence-corrected chi connectivity index (χ1v) is 8.49. The Kier molecular flexibility index (Phi) is 5.49. The van der Waals surface area contributed by atoms with Crippen LogP contribution >= 0.6 is 0 Å². The molecule has 146 valence electrons. The molecule has 3 aromatic rings. The van der Waals surface area contributed by atoms with Crippen molar-refractivity contribution >= 4 is 11.6 Å². The summed E-state index contributed by atoms with van der Waals surface area (Å²) in [6.45, 7) is 0. The monoisotopic (exact) mass is 384 g/mol. The summed E-state index contributed by atoms with van der Waals surface area (Å²) in [5.41, 5.74) is 0.332. The number of carbonyl (C=O) groups is 1. The zero-order valence-electron chi connectivity index (χ0n) is 15.7. The molecule has 0 saturated carbocycles. The molecule has 1 N–H and O–H groups in total. The van der Waals surface area contributed by atoms with Gasteiger partial charge in [0.1, 0.15) is 17.1 Å². The number of hydrogen-bond donors (Lipinski definition) is 1. The highest BCUT2D eigenvalue weighted by Gasteiger charge is 2.29. The second-order valence-electron chi connectivity index (χ2n) is 6.02. The zero-order valence-corrected chi connectivity index (χ0v) is 15.7. The van der Waals surface area contributed by atoms with Gasteiger partial charge in [-0.25, -0.2) is 0 Å². The summed E-state index contributed by atoms with van der Waals surface area (Å²) in [7, 11) is 4.25. The Bertz CT molecular complexity index is 1080. The van der Waals surface area contributed by atoms with Crippen molar-refractivity contribution < 1.29 is 24.1 Å². The molecule has 3 rings (SSSR count). The average Bonchev–Trinajstić information content (AvgIpc) is 2.72. The van der Waals surface area contributed by atoms with Crippen LogP contribution in [0.1, 0.15) is 23.5 Å². The number of carbonyl (C=O) groups excluding carboxylic acids is 1. The number of methoxy groups -OCH3 is 3. The molecule has 0 bridgehead atoms. The number of esters is 1. The first-order valence-electron chi connectivity index (χ1n) is 8.49. The zero-order chi connectivity index (χ0) is 20.3. The number of ether oxygens (including phenoxy) is 3. The van der Waals surface area contributed by atoms with Crippen molar-refractivity contribution in [1.29, 1.82) is 0 Å². The van der Waals surface area contributed by atoms with Crippen LogP contribution in [0.15, 0.2) is 47.4 Å². The van der Waals surface area contributed by atoms with Crippen LogP contribution in [0.4, 0.5) is 0 Å². The fraction of sp³-hybridized carbons (Fsp3) is 0.250. The third-order valence-corrected chi connectivity index (χ3v) is 4.51. The number of pyridine rings is 1. The molecule has 0 spiro atoms. The van der Waals surface area contributed by atoms with E-state index in [1.807, 2.05) is 0 Å². The Morgan fingerprint density at radius 3 is 2.64 bits per heavy atom. The Balaban J connectivity index is 2.27. The normalized spacial score (nSPS) is 11.8. The molecular formula is C20H20N2O6. The van der Waals surface area contributed by atoms with E-state index >= 15 is 0 Å². The second-order valence-corrected chi connectivity index (χ2v) is 6.02. The predicted octanol–water partition coefficient (Wildman–Crippen LogP) is 2.11. The summed E-state index contributed by atoms with van der Waals surface area (Å²) in [4.78, 5) is 29.3. The van der Waals surface area contributed by atoms with Crippen molar-refractivity contribution in [2.24, 2.45) is 0 Å². The van der Waals surface area contributed by atoms with E-state index in [1.165, 1.54) is 25.7 Å². The number of nitrogens with zero attached hydrogens (tertiary/aromatic N) is 2. The van der Waals surface area contributed by atoms with Crippen molar-refractivity contribution in [3.8, 4) is 17.4 Å². The Morgan fingerprint density at radius 2 is 1.96 bits per heavy atom. The van der Waals surface area contributed by atoms with E-state index in [0.717, 1.165) is 0 Å². The van der Waals surface area contributed by atoms with Crippen molar-refractivity contribution in [1.82, 2.24) is 9.38 Å². The maximum Gasteiger partial charge on any atom is 0.306 e. The van der Waals surface area contributed by atoms with E-state index in [9.17, 15) is 14.7 Å². The molecule has 8 heteroatoms. The SMILES string of the molecule is COC(=O)C[C@H](c1ccc(OC)cc1OC)c1c(O)nc2ccccn2c1=O. The highest BCUT2D eigenvalue weighted by Crippen LogP contribution is 2.38. The number of fused-ring (bicyclic) bond motifs is 1. The topological polar surface area (TPSA) is 99.4 Å². The number of hydrogen-bond acceptors (Lipinski definition) is 7. The fourth-order valence-electron chi connectivity index (χ4n) is 3.12. The summed E-state index contributed by atoms with van der Waals surface area (Å²) in [6, 6.07) is 10.0. The van der Waals surface area contributed by atoms with E-state index in [4.69, 9.17) is 14.2 Å². The van der Waals surface area contributed by atoms with Gasteiger partial charge in [-0.05, 0) is 18.2 Å². The molecule has 0 saturated heterocycles. The van der Waals surface area contributed by atoms with E-state index in [0.29, 0.717) is 22.7 Å². The lowest BCUT2D eigenvalue weighted by Crippen LogP contribution is -2.24. The van der Waals surface area contributed by atoms with Gasteiger partial charge in [-0.2, -0.15) is 4.98 Å². The standard InChI is InChI=1S/C20H20N2O6/c1-26-12-7-8-13(15(10-12)27-2)14(11-17(23)28-3)18-19(24)21-16-6-4-5-9-22(16)20(18)25/h4-10,14,24H,11H2,1-3H3/t14-/m1/s1. The fourth-order valence-corrected chi connectivity index (χ4v) is 3.12. The van der Waals surface area contributed by atoms with Gasteiger partial charge >= 0.3 is 5.97 Å². The maximum atomic E-state index is 13.1. The van der Waals surface area contributed by atoms with Gasteiger partial charge in [-0.1, -0.05) is 12.1 Å². The highest BCUT2D eigenvalue weighted by molar-refractivity contribution is 5.72. The summed E-state index contributed by atoms with van der Waals surface area (Å²) in [5.74, 6) is -0.853. The van der Waals surface area contributed by atoms with Crippen molar-refractivity contribution in [3.63, 3.8) is 0 Å². The molecule has 0 unspecified atom stereocenters. The summed E-state index contributed by atoms with van der Waals surface area (Å²) < 4.78 is 16.7. The number of aromatic hydroxyl groups is 1. The molecule has 8 nitrogen and oxygen atoms in total. The predicted molar refractivity (Wildman–Crippen MR) is 101 cm³/mol. The summed E-state index contributed by atoms with van der Waals surface area (Å²) >= 11 is 0. The molecule has 2 aromatic heterocycles. The van der Waals surface area contributed by atoms with Crippen LogP contribution in [0, 0.1) is 0 Å².